The number of Topliss-reactive ketones (excluding diaryl/α,β-unsaturated/α-hetero) is 2. The van der Waals surface area contributed by atoms with Crippen molar-refractivity contribution in [1.82, 2.24) is 0 Å². The summed E-state index contributed by atoms with van der Waals surface area (Å²) < 4.78 is 11.5. The summed E-state index contributed by atoms with van der Waals surface area (Å²) in [6, 6.07) is 9.48. The molecule has 1 aromatic rings. The topological polar surface area (TPSA) is 86.7 Å². The molecule has 0 radical (unpaired) electrons. The van der Waals surface area contributed by atoms with Crippen molar-refractivity contribution < 1.29 is 28.7 Å². The second-order valence-corrected chi connectivity index (χ2v) is 9.12. The van der Waals surface area contributed by atoms with Crippen LogP contribution in [0.25, 0.3) is 0 Å². The Morgan fingerprint density at radius 3 is 2.37 bits per heavy atom. The lowest BCUT2D eigenvalue weighted by molar-refractivity contribution is -0.174. The number of hydrogen-bond acceptors (Lipinski definition) is 6. The van der Waals surface area contributed by atoms with Gasteiger partial charge >= 0.3 is 5.97 Å². The van der Waals surface area contributed by atoms with Gasteiger partial charge in [0.25, 0.3) is 0 Å². The van der Waals surface area contributed by atoms with Crippen LogP contribution in [0.3, 0.4) is 0 Å². The van der Waals surface area contributed by atoms with Crippen LogP contribution in [0.4, 0.5) is 0 Å². The molecule has 0 N–H and O–H groups in total. The van der Waals surface area contributed by atoms with E-state index in [1.807, 2.05) is 30.3 Å². The second-order valence-electron chi connectivity index (χ2n) is 9.12. The van der Waals surface area contributed by atoms with E-state index in [1.54, 1.807) is 26.8 Å². The van der Waals surface area contributed by atoms with Gasteiger partial charge in [-0.25, -0.2) is 0 Å². The van der Waals surface area contributed by atoms with Crippen LogP contribution in [-0.2, 0) is 35.3 Å². The summed E-state index contributed by atoms with van der Waals surface area (Å²) in [5, 5.41) is 0. The van der Waals surface area contributed by atoms with Crippen molar-refractivity contribution >= 4 is 23.3 Å². The van der Waals surface area contributed by atoms with Crippen molar-refractivity contribution in [2.45, 2.75) is 59.4 Å². The zero-order valence-corrected chi connectivity index (χ0v) is 17.8. The maximum Gasteiger partial charge on any atom is 0.303 e. The summed E-state index contributed by atoms with van der Waals surface area (Å²) in [4.78, 5) is 50.8. The molecule has 0 aromatic heterocycles. The van der Waals surface area contributed by atoms with Gasteiger partial charge < -0.3 is 9.47 Å². The summed E-state index contributed by atoms with van der Waals surface area (Å²) in [5.74, 6) is -2.12. The standard InChI is InChI=1S/C24H28O6/c1-15(25)30-21-19(27)13-23(2,3)22(29-14-16-8-6-5-7-9-16)20(28)18-12-17(26)10-11-24(18,21)4/h5-11,18,21-22H,12-14H2,1-4H3/t18-,21+,22-,24-/m1/s1. The average molecular weight is 412 g/mol. The van der Waals surface area contributed by atoms with Crippen LogP contribution in [0.1, 0.15) is 46.1 Å². The van der Waals surface area contributed by atoms with Gasteiger partial charge in [0, 0.05) is 36.5 Å². The highest BCUT2D eigenvalue weighted by molar-refractivity contribution is 6.00. The average Bonchev–Trinajstić information content (AvgIpc) is 2.67. The van der Waals surface area contributed by atoms with Crippen molar-refractivity contribution in [1.29, 1.82) is 0 Å². The molecule has 0 amide bonds. The minimum atomic E-state index is -1.12. The van der Waals surface area contributed by atoms with Gasteiger partial charge in [-0.05, 0) is 11.6 Å². The molecule has 160 valence electrons. The van der Waals surface area contributed by atoms with E-state index in [0.717, 1.165) is 5.56 Å². The fourth-order valence-electron chi connectivity index (χ4n) is 4.52. The van der Waals surface area contributed by atoms with Gasteiger partial charge in [0.05, 0.1) is 6.61 Å². The van der Waals surface area contributed by atoms with Crippen LogP contribution in [-0.4, -0.2) is 35.5 Å². The molecule has 4 atom stereocenters. The third kappa shape index (κ3) is 4.29. The lowest BCUT2D eigenvalue weighted by Gasteiger charge is -2.47. The Balaban J connectivity index is 2.01. The van der Waals surface area contributed by atoms with Crippen molar-refractivity contribution in [2.24, 2.45) is 16.7 Å². The normalized spacial score (nSPS) is 30.9. The van der Waals surface area contributed by atoms with Gasteiger partial charge in [-0.3, -0.25) is 19.2 Å². The van der Waals surface area contributed by atoms with Gasteiger partial charge in [-0.2, -0.15) is 0 Å². The number of hydrogen-bond donors (Lipinski definition) is 0. The maximum absolute atomic E-state index is 13.7. The zero-order chi connectivity index (χ0) is 22.1. The summed E-state index contributed by atoms with van der Waals surface area (Å²) in [6.07, 6.45) is 0.907. The Morgan fingerprint density at radius 2 is 1.73 bits per heavy atom. The number of rotatable bonds is 4. The van der Waals surface area contributed by atoms with Crippen LogP contribution < -0.4 is 0 Å². The van der Waals surface area contributed by atoms with Crippen molar-refractivity contribution in [3.63, 3.8) is 0 Å². The predicted molar refractivity (Wildman–Crippen MR) is 109 cm³/mol. The van der Waals surface area contributed by atoms with Gasteiger partial charge in [-0.1, -0.05) is 57.2 Å². The number of ketones is 3. The molecular weight excluding hydrogens is 384 g/mol. The summed E-state index contributed by atoms with van der Waals surface area (Å²) in [5.41, 5.74) is -1.01. The predicted octanol–water partition coefficient (Wildman–Crippen LogP) is 3.22. The maximum atomic E-state index is 13.7. The third-order valence-electron chi connectivity index (χ3n) is 6.13. The van der Waals surface area contributed by atoms with Gasteiger partial charge in [0.1, 0.15) is 6.10 Å². The number of carbonyl (C=O) groups is 4. The van der Waals surface area contributed by atoms with Gasteiger partial charge in [0.15, 0.2) is 23.5 Å². The molecule has 1 fully saturated rings. The number of benzene rings is 1. The molecule has 30 heavy (non-hydrogen) atoms. The van der Waals surface area contributed by atoms with Crippen LogP contribution >= 0.6 is 0 Å². The first-order valence-corrected chi connectivity index (χ1v) is 10.2. The number of fused-ring (bicyclic) bond motifs is 1. The molecule has 6 heteroatoms. The number of esters is 1. The number of carbonyl (C=O) groups excluding carboxylic acids is 4. The smallest absolute Gasteiger partial charge is 0.303 e. The quantitative estimate of drug-likeness (QED) is 0.706. The minimum absolute atomic E-state index is 0.0141. The summed E-state index contributed by atoms with van der Waals surface area (Å²) in [7, 11) is 0. The molecule has 3 rings (SSSR count). The molecule has 6 nitrogen and oxygen atoms in total. The Kier molecular flexibility index (Phi) is 6.09. The van der Waals surface area contributed by atoms with Crippen LogP contribution in [0, 0.1) is 16.7 Å². The van der Waals surface area contributed by atoms with E-state index in [0.29, 0.717) is 0 Å². The molecule has 0 aliphatic heterocycles. The molecule has 0 unspecified atom stereocenters. The highest BCUT2D eigenvalue weighted by Crippen LogP contribution is 2.47. The second kappa shape index (κ2) is 8.26. The summed E-state index contributed by atoms with van der Waals surface area (Å²) in [6.45, 7) is 6.76. The Labute approximate surface area is 176 Å². The van der Waals surface area contributed by atoms with Crippen LogP contribution in [0.5, 0.6) is 0 Å². The zero-order valence-electron chi connectivity index (χ0n) is 17.8. The molecule has 0 saturated heterocycles. The van der Waals surface area contributed by atoms with E-state index in [9.17, 15) is 19.2 Å². The number of ether oxygens (including phenoxy) is 2. The highest BCUT2D eigenvalue weighted by Gasteiger charge is 2.56. The van der Waals surface area contributed by atoms with E-state index in [2.05, 4.69) is 0 Å². The third-order valence-corrected chi connectivity index (χ3v) is 6.13. The van der Waals surface area contributed by atoms with E-state index >= 15 is 0 Å². The molecule has 1 saturated carbocycles. The largest absolute Gasteiger partial charge is 0.454 e. The molecule has 1 aromatic carbocycles. The first-order chi connectivity index (χ1) is 14.0. The lowest BCUT2D eigenvalue weighted by atomic mass is 9.59. The van der Waals surface area contributed by atoms with E-state index < -0.39 is 34.9 Å². The molecule has 0 bridgehead atoms. The van der Waals surface area contributed by atoms with E-state index in [-0.39, 0.29) is 36.8 Å². The highest BCUT2D eigenvalue weighted by atomic mass is 16.5. The van der Waals surface area contributed by atoms with Crippen molar-refractivity contribution in [2.75, 3.05) is 0 Å². The fraction of sp³-hybridized carbons (Fsp3) is 0.500. The van der Waals surface area contributed by atoms with Crippen molar-refractivity contribution in [3.8, 4) is 0 Å². The van der Waals surface area contributed by atoms with Gasteiger partial charge in [0.2, 0.25) is 0 Å². The Hall–Kier alpha value is -2.60. The number of allylic oxidation sites excluding steroid dienone is 1. The first-order valence-electron chi connectivity index (χ1n) is 10.2. The fourth-order valence-corrected chi connectivity index (χ4v) is 4.52. The molecule has 0 heterocycles. The molecule has 2 aliphatic carbocycles. The van der Waals surface area contributed by atoms with Crippen molar-refractivity contribution in [3.05, 3.63) is 48.0 Å². The van der Waals surface area contributed by atoms with E-state index in [4.69, 9.17) is 9.47 Å². The minimum Gasteiger partial charge on any atom is -0.454 e. The Morgan fingerprint density at radius 1 is 1.07 bits per heavy atom. The van der Waals surface area contributed by atoms with Gasteiger partial charge in [-0.15, -0.1) is 0 Å². The molecule has 0 spiro atoms. The SMILES string of the molecule is CC(=O)O[C@H]1C(=O)CC(C)(C)[C@H](OCc2ccccc2)C(=O)[C@H]2CC(=O)C=C[C@]21C. The monoisotopic (exact) mass is 412 g/mol. The Bertz CT molecular complexity index is 884. The van der Waals surface area contributed by atoms with E-state index in [1.165, 1.54) is 13.0 Å². The van der Waals surface area contributed by atoms with Crippen LogP contribution in [0.2, 0.25) is 0 Å². The first kappa shape index (κ1) is 22.1. The van der Waals surface area contributed by atoms with Crippen LogP contribution in [0.15, 0.2) is 42.5 Å². The molecule has 2 aliphatic rings. The lowest BCUT2D eigenvalue weighted by Crippen LogP contribution is -2.57. The molecular formula is C24H28O6. The summed E-state index contributed by atoms with van der Waals surface area (Å²) >= 11 is 0.